The van der Waals surface area contributed by atoms with Crippen molar-refractivity contribution in [3.05, 3.63) is 126 Å². The van der Waals surface area contributed by atoms with E-state index in [1.807, 2.05) is 30.6 Å². The lowest BCUT2D eigenvalue weighted by Gasteiger charge is -2.32. The molecule has 0 saturated carbocycles. The van der Waals surface area contributed by atoms with E-state index in [0.717, 1.165) is 49.1 Å². The summed E-state index contributed by atoms with van der Waals surface area (Å²) < 4.78 is 0. The Kier molecular flexibility index (Phi) is 7.42. The van der Waals surface area contributed by atoms with Gasteiger partial charge in [0.2, 0.25) is 0 Å². The van der Waals surface area contributed by atoms with Gasteiger partial charge in [-0.2, -0.15) is 0 Å². The van der Waals surface area contributed by atoms with Crippen molar-refractivity contribution in [2.45, 2.75) is 45.1 Å². The van der Waals surface area contributed by atoms with Gasteiger partial charge in [-0.15, -0.1) is 0 Å². The minimum atomic E-state index is 0.391. The third kappa shape index (κ3) is 5.18. The molecule has 2 aliphatic heterocycles. The highest BCUT2D eigenvalue weighted by Crippen LogP contribution is 2.36. The maximum absolute atomic E-state index is 5.17. The molecule has 0 spiro atoms. The maximum Gasteiger partial charge on any atom is 0.0886 e. The van der Waals surface area contributed by atoms with Gasteiger partial charge in [0.25, 0.3) is 0 Å². The van der Waals surface area contributed by atoms with Crippen molar-refractivity contribution in [3.8, 4) is 33.6 Å². The molecule has 0 saturated heterocycles. The Morgan fingerprint density at radius 3 is 2.37 bits per heavy atom. The van der Waals surface area contributed by atoms with Crippen LogP contribution in [-0.2, 0) is 0 Å². The zero-order valence-electron chi connectivity index (χ0n) is 26.5. The zero-order valence-corrected chi connectivity index (χ0v) is 26.5. The Morgan fingerprint density at radius 2 is 1.61 bits per heavy atom. The highest BCUT2D eigenvalue weighted by Gasteiger charge is 2.25. The van der Waals surface area contributed by atoms with Gasteiger partial charge >= 0.3 is 0 Å². The second-order valence-corrected chi connectivity index (χ2v) is 12.9. The predicted molar refractivity (Wildman–Crippen MR) is 192 cm³/mol. The van der Waals surface area contributed by atoms with Gasteiger partial charge in [0.1, 0.15) is 0 Å². The molecule has 0 fully saturated rings. The van der Waals surface area contributed by atoms with Crippen molar-refractivity contribution >= 4 is 34.2 Å². The van der Waals surface area contributed by atoms with Crippen molar-refractivity contribution in [2.24, 2.45) is 10.9 Å². The number of benzene rings is 3. The third-order valence-electron chi connectivity index (χ3n) is 9.80. The van der Waals surface area contributed by atoms with E-state index in [2.05, 4.69) is 115 Å². The number of aliphatic imine (C=N–C) groups is 1. The van der Waals surface area contributed by atoms with E-state index in [1.165, 1.54) is 54.7 Å². The SMILES string of the molecule is CC1C=c2c(C3=CN=C(C4CCC=CN4C)CC3)c3cc(-c4ccccc4)ccc3c(-c3ccc(-c4ccccn4)nc3)c2=CC1. The first-order chi connectivity index (χ1) is 22.6. The molecular weight excluding hydrogens is 560 g/mol. The molecule has 1 aliphatic carbocycles. The lowest BCUT2D eigenvalue weighted by molar-refractivity contribution is 0.365. The van der Waals surface area contributed by atoms with Crippen molar-refractivity contribution in [3.63, 3.8) is 0 Å². The van der Waals surface area contributed by atoms with Crippen LogP contribution in [0, 0.1) is 5.92 Å². The molecule has 0 N–H and O–H groups in total. The highest BCUT2D eigenvalue weighted by molar-refractivity contribution is 6.06. The van der Waals surface area contributed by atoms with E-state index < -0.39 is 0 Å². The highest BCUT2D eigenvalue weighted by atomic mass is 15.1. The van der Waals surface area contributed by atoms with E-state index in [9.17, 15) is 0 Å². The van der Waals surface area contributed by atoms with Crippen LogP contribution in [0.4, 0.5) is 0 Å². The van der Waals surface area contributed by atoms with Gasteiger partial charge in [0.05, 0.1) is 17.4 Å². The second kappa shape index (κ2) is 12.0. The zero-order chi connectivity index (χ0) is 31.0. The molecule has 0 amide bonds. The van der Waals surface area contributed by atoms with Crippen LogP contribution in [0.1, 0.15) is 44.6 Å². The molecule has 4 heteroatoms. The van der Waals surface area contributed by atoms with E-state index in [4.69, 9.17) is 9.98 Å². The number of aromatic nitrogens is 2. The molecular formula is C42H38N4. The van der Waals surface area contributed by atoms with Crippen LogP contribution >= 0.6 is 0 Å². The number of allylic oxidation sites excluding steroid dienone is 2. The molecule has 2 aromatic heterocycles. The van der Waals surface area contributed by atoms with Gasteiger partial charge in [0, 0.05) is 36.9 Å². The summed E-state index contributed by atoms with van der Waals surface area (Å²) in [5.41, 5.74) is 10.6. The van der Waals surface area contributed by atoms with Gasteiger partial charge in [-0.25, -0.2) is 0 Å². The molecule has 226 valence electrons. The summed E-state index contributed by atoms with van der Waals surface area (Å²) in [6, 6.07) is 28.4. The summed E-state index contributed by atoms with van der Waals surface area (Å²) in [4.78, 5) is 16.9. The van der Waals surface area contributed by atoms with Crippen LogP contribution in [0.5, 0.6) is 0 Å². The maximum atomic E-state index is 5.17. The van der Waals surface area contributed by atoms with Crippen LogP contribution in [0.2, 0.25) is 0 Å². The number of hydrogen-bond acceptors (Lipinski definition) is 4. The fraction of sp³-hybridized carbons (Fsp3) is 0.214. The Morgan fingerprint density at radius 1 is 0.761 bits per heavy atom. The Balaban J connectivity index is 1.36. The van der Waals surface area contributed by atoms with E-state index in [0.29, 0.717) is 12.0 Å². The molecule has 0 bridgehead atoms. The Hall–Kier alpha value is -5.09. The lowest BCUT2D eigenvalue weighted by atomic mass is 9.82. The molecule has 4 nitrogen and oxygen atoms in total. The van der Waals surface area contributed by atoms with Crippen LogP contribution in [0.25, 0.3) is 62.1 Å². The molecule has 4 heterocycles. The number of fused-ring (bicyclic) bond motifs is 2. The molecule has 3 aliphatic rings. The summed E-state index contributed by atoms with van der Waals surface area (Å²) in [5.74, 6) is 0.462. The van der Waals surface area contributed by atoms with Crippen molar-refractivity contribution in [2.75, 3.05) is 7.05 Å². The molecule has 46 heavy (non-hydrogen) atoms. The van der Waals surface area contributed by atoms with Crippen molar-refractivity contribution in [1.29, 1.82) is 0 Å². The molecule has 2 unspecified atom stereocenters. The topological polar surface area (TPSA) is 41.4 Å². The monoisotopic (exact) mass is 598 g/mol. The minimum absolute atomic E-state index is 0.391. The van der Waals surface area contributed by atoms with Crippen LogP contribution in [0.3, 0.4) is 0 Å². The van der Waals surface area contributed by atoms with Crippen molar-refractivity contribution < 1.29 is 0 Å². The van der Waals surface area contributed by atoms with Crippen molar-refractivity contribution in [1.82, 2.24) is 14.9 Å². The lowest BCUT2D eigenvalue weighted by Crippen LogP contribution is -2.38. The summed E-state index contributed by atoms with van der Waals surface area (Å²) in [6.45, 7) is 2.33. The molecule has 3 aromatic carbocycles. The average Bonchev–Trinajstić information content (AvgIpc) is 3.11. The normalized spacial score (nSPS) is 19.1. The van der Waals surface area contributed by atoms with Gasteiger partial charge in [-0.1, -0.05) is 79.7 Å². The van der Waals surface area contributed by atoms with Crippen LogP contribution in [-0.4, -0.2) is 33.7 Å². The molecule has 2 atom stereocenters. The smallest absolute Gasteiger partial charge is 0.0886 e. The number of rotatable bonds is 5. The molecule has 8 rings (SSSR count). The predicted octanol–water partition coefficient (Wildman–Crippen LogP) is 8.42. The largest absolute Gasteiger partial charge is 0.372 e. The quantitative estimate of drug-likeness (QED) is 0.204. The standard InChI is InChI=1S/C42H38N4/c1-28-14-18-33-35(24-28)42(32-17-21-39(45-27-32)40-13-7-9-23-46(40)2)36-25-30(29-10-4-3-5-11-29)15-19-34(36)41(33)31-16-20-38(44-26-31)37-12-6-8-22-43-37/h3-6,8-12,15-16,18-20,22-28,40H,7,13-14,17,21H2,1-2H3. The van der Waals surface area contributed by atoms with Gasteiger partial charge in [0.15, 0.2) is 0 Å². The summed E-state index contributed by atoms with van der Waals surface area (Å²) in [6.07, 6.45) is 20.7. The first-order valence-corrected chi connectivity index (χ1v) is 16.5. The molecule has 5 aromatic rings. The van der Waals surface area contributed by atoms with Crippen LogP contribution in [0.15, 0.2) is 115 Å². The minimum Gasteiger partial charge on any atom is -0.372 e. The Labute approximate surface area is 270 Å². The first kappa shape index (κ1) is 28.4. The third-order valence-corrected chi connectivity index (χ3v) is 9.80. The number of nitrogens with zero attached hydrogens (tertiary/aromatic N) is 4. The van der Waals surface area contributed by atoms with Crippen LogP contribution < -0.4 is 10.4 Å². The number of hydrogen-bond donors (Lipinski definition) is 0. The molecule has 0 radical (unpaired) electrons. The second-order valence-electron chi connectivity index (χ2n) is 12.9. The van der Waals surface area contributed by atoms with E-state index >= 15 is 0 Å². The van der Waals surface area contributed by atoms with Gasteiger partial charge < -0.3 is 4.90 Å². The first-order valence-electron chi connectivity index (χ1n) is 16.5. The number of pyridine rings is 2. The summed E-state index contributed by atoms with van der Waals surface area (Å²) in [5, 5.41) is 5.19. The summed E-state index contributed by atoms with van der Waals surface area (Å²) in [7, 11) is 2.18. The fourth-order valence-corrected chi connectivity index (χ4v) is 7.44. The van der Waals surface area contributed by atoms with E-state index in [-0.39, 0.29) is 0 Å². The van der Waals surface area contributed by atoms with Gasteiger partial charge in [-0.3, -0.25) is 15.0 Å². The van der Waals surface area contributed by atoms with Gasteiger partial charge in [-0.05, 0) is 118 Å². The Bertz CT molecular complexity index is 2140. The summed E-state index contributed by atoms with van der Waals surface area (Å²) >= 11 is 0. The van der Waals surface area contributed by atoms with E-state index in [1.54, 1.807) is 0 Å². The fourth-order valence-electron chi connectivity index (χ4n) is 7.44. The average molecular weight is 599 g/mol.